The molecule has 0 radical (unpaired) electrons. The van der Waals surface area contributed by atoms with E-state index in [2.05, 4.69) is 5.32 Å². The molecule has 2 aromatic rings. The van der Waals surface area contributed by atoms with Crippen LogP contribution in [-0.2, 0) is 9.59 Å². The molecule has 0 aliphatic carbocycles. The summed E-state index contributed by atoms with van der Waals surface area (Å²) in [6, 6.07) is 13.3. The van der Waals surface area contributed by atoms with Crippen LogP contribution in [0.3, 0.4) is 0 Å². The molecule has 1 N–H and O–H groups in total. The number of benzene rings is 2. The van der Waals surface area contributed by atoms with E-state index in [1.165, 1.54) is 16.7 Å². The lowest BCUT2D eigenvalue weighted by atomic mass is 10.2. The van der Waals surface area contributed by atoms with Crippen molar-refractivity contribution in [3.05, 3.63) is 64.0 Å². The predicted octanol–water partition coefficient (Wildman–Crippen LogP) is 4.58. The summed E-state index contributed by atoms with van der Waals surface area (Å²) < 4.78 is 5.48. The molecule has 1 fully saturated rings. The zero-order valence-electron chi connectivity index (χ0n) is 15.1. The monoisotopic (exact) mass is 432 g/mol. The lowest BCUT2D eigenvalue weighted by molar-refractivity contribution is -0.129. The zero-order chi connectivity index (χ0) is 20.3. The average molecular weight is 433 g/mol. The maximum Gasteiger partial charge on any atom is 0.266 e. The highest BCUT2D eigenvalue weighted by Crippen LogP contribution is 2.34. The number of methoxy groups -OCH3 is 1. The van der Waals surface area contributed by atoms with Crippen molar-refractivity contribution in [2.75, 3.05) is 12.4 Å². The normalized spacial score (nSPS) is 16.4. The number of halogens is 1. The Labute approximate surface area is 177 Å². The van der Waals surface area contributed by atoms with Crippen LogP contribution >= 0.6 is 35.6 Å². The molecule has 0 aromatic heterocycles. The molecule has 1 aliphatic heterocycles. The molecule has 28 heavy (non-hydrogen) atoms. The fourth-order valence-electron chi connectivity index (χ4n) is 2.56. The van der Waals surface area contributed by atoms with Gasteiger partial charge in [-0.3, -0.25) is 14.5 Å². The van der Waals surface area contributed by atoms with Crippen LogP contribution in [0.4, 0.5) is 5.69 Å². The number of thiocarbonyl (C=S) groups is 1. The molecule has 1 saturated heterocycles. The second-order valence-corrected chi connectivity index (χ2v) is 8.11. The van der Waals surface area contributed by atoms with Crippen molar-refractivity contribution in [2.24, 2.45) is 0 Å². The Hall–Kier alpha value is -2.35. The fraction of sp³-hybridized carbons (Fsp3) is 0.150. The fourth-order valence-corrected chi connectivity index (χ4v) is 4.11. The first kappa shape index (κ1) is 20.4. The Kier molecular flexibility index (Phi) is 6.39. The Bertz CT molecular complexity index is 943. The van der Waals surface area contributed by atoms with Gasteiger partial charge in [-0.1, -0.05) is 47.7 Å². The Morgan fingerprint density at radius 3 is 2.46 bits per heavy atom. The van der Waals surface area contributed by atoms with E-state index in [0.717, 1.165) is 11.3 Å². The van der Waals surface area contributed by atoms with Crippen LogP contribution in [0.15, 0.2) is 53.4 Å². The van der Waals surface area contributed by atoms with E-state index < -0.39 is 6.04 Å². The number of hydrogen-bond donors (Lipinski definition) is 1. The van der Waals surface area contributed by atoms with Crippen molar-refractivity contribution in [3.63, 3.8) is 0 Å². The molecule has 1 heterocycles. The lowest BCUT2D eigenvalue weighted by Crippen LogP contribution is -2.44. The molecule has 0 spiro atoms. The van der Waals surface area contributed by atoms with Crippen molar-refractivity contribution in [1.29, 1.82) is 0 Å². The smallest absolute Gasteiger partial charge is 0.266 e. The topological polar surface area (TPSA) is 58.6 Å². The first-order chi connectivity index (χ1) is 13.4. The number of ether oxygens (including phenoxy) is 1. The van der Waals surface area contributed by atoms with Gasteiger partial charge in [-0.15, -0.1) is 0 Å². The molecule has 2 aromatic carbocycles. The van der Waals surface area contributed by atoms with Gasteiger partial charge < -0.3 is 10.1 Å². The Morgan fingerprint density at radius 1 is 1.21 bits per heavy atom. The SMILES string of the molecule is COc1ccc(/C=C2\SC(=S)N(C(C)C(=O)Nc3ccc(Cl)cc3)C2=O)cc1. The first-order valence-electron chi connectivity index (χ1n) is 8.36. The summed E-state index contributed by atoms with van der Waals surface area (Å²) in [5.41, 5.74) is 1.44. The van der Waals surface area contributed by atoms with Gasteiger partial charge in [0, 0.05) is 10.7 Å². The van der Waals surface area contributed by atoms with Crippen LogP contribution < -0.4 is 10.1 Å². The highest BCUT2D eigenvalue weighted by atomic mass is 35.5. The van der Waals surface area contributed by atoms with Crippen molar-refractivity contribution < 1.29 is 14.3 Å². The third-order valence-electron chi connectivity index (χ3n) is 4.12. The van der Waals surface area contributed by atoms with Gasteiger partial charge in [0.25, 0.3) is 5.91 Å². The maximum absolute atomic E-state index is 12.8. The van der Waals surface area contributed by atoms with Gasteiger partial charge in [0.15, 0.2) is 0 Å². The molecule has 1 atom stereocenters. The number of nitrogens with one attached hydrogen (secondary N) is 1. The van der Waals surface area contributed by atoms with E-state index >= 15 is 0 Å². The van der Waals surface area contributed by atoms with Crippen molar-refractivity contribution in [3.8, 4) is 5.75 Å². The number of carbonyl (C=O) groups is 2. The quantitative estimate of drug-likeness (QED) is 0.553. The predicted molar refractivity (Wildman–Crippen MR) is 118 cm³/mol. The van der Waals surface area contributed by atoms with E-state index in [-0.39, 0.29) is 11.8 Å². The number of nitrogens with zero attached hydrogens (tertiary/aromatic N) is 1. The molecule has 3 rings (SSSR count). The van der Waals surface area contributed by atoms with Crippen LogP contribution in [0.5, 0.6) is 5.75 Å². The molecule has 0 bridgehead atoms. The minimum Gasteiger partial charge on any atom is -0.497 e. The molecule has 144 valence electrons. The molecule has 0 saturated carbocycles. The van der Waals surface area contributed by atoms with Crippen LogP contribution in [-0.4, -0.2) is 34.2 Å². The first-order valence-corrected chi connectivity index (χ1v) is 9.97. The van der Waals surface area contributed by atoms with Gasteiger partial charge in [0.1, 0.15) is 16.1 Å². The van der Waals surface area contributed by atoms with Crippen LogP contribution in [0.25, 0.3) is 6.08 Å². The van der Waals surface area contributed by atoms with Gasteiger partial charge in [-0.2, -0.15) is 0 Å². The van der Waals surface area contributed by atoms with E-state index in [0.29, 0.717) is 19.9 Å². The Morgan fingerprint density at radius 2 is 1.86 bits per heavy atom. The largest absolute Gasteiger partial charge is 0.497 e. The van der Waals surface area contributed by atoms with Gasteiger partial charge in [-0.25, -0.2) is 0 Å². The van der Waals surface area contributed by atoms with Crippen molar-refractivity contribution in [2.45, 2.75) is 13.0 Å². The summed E-state index contributed by atoms with van der Waals surface area (Å²) in [6.45, 7) is 1.65. The number of amides is 2. The number of rotatable bonds is 5. The summed E-state index contributed by atoms with van der Waals surface area (Å²) in [4.78, 5) is 27.2. The summed E-state index contributed by atoms with van der Waals surface area (Å²) in [5.74, 6) is 0.117. The summed E-state index contributed by atoms with van der Waals surface area (Å²) in [7, 11) is 1.59. The molecule has 5 nitrogen and oxygen atoms in total. The Balaban J connectivity index is 1.73. The van der Waals surface area contributed by atoms with Crippen LogP contribution in [0, 0.1) is 0 Å². The summed E-state index contributed by atoms with van der Waals surface area (Å²) >= 11 is 12.4. The highest BCUT2D eigenvalue weighted by Gasteiger charge is 2.38. The van der Waals surface area contributed by atoms with E-state index in [1.54, 1.807) is 44.4 Å². The molecule has 1 aliphatic rings. The zero-order valence-corrected chi connectivity index (χ0v) is 17.5. The third-order valence-corrected chi connectivity index (χ3v) is 5.70. The molecule has 1 unspecified atom stereocenters. The minimum atomic E-state index is -0.745. The van der Waals surface area contributed by atoms with Crippen molar-refractivity contribution in [1.82, 2.24) is 4.90 Å². The van der Waals surface area contributed by atoms with Gasteiger partial charge in [0.05, 0.1) is 12.0 Å². The molecular formula is C20H17ClN2O3S2. The van der Waals surface area contributed by atoms with Crippen LogP contribution in [0.1, 0.15) is 12.5 Å². The van der Waals surface area contributed by atoms with Gasteiger partial charge in [0.2, 0.25) is 5.91 Å². The maximum atomic E-state index is 12.8. The number of hydrogen-bond acceptors (Lipinski definition) is 5. The summed E-state index contributed by atoms with van der Waals surface area (Å²) in [6.07, 6.45) is 1.75. The average Bonchev–Trinajstić information content (AvgIpc) is 2.96. The van der Waals surface area contributed by atoms with E-state index in [1.807, 2.05) is 24.3 Å². The number of carbonyl (C=O) groups excluding carboxylic acids is 2. The molecule has 2 amide bonds. The highest BCUT2D eigenvalue weighted by molar-refractivity contribution is 8.26. The number of anilines is 1. The number of thioether (sulfide) groups is 1. The van der Waals surface area contributed by atoms with Gasteiger partial charge in [-0.05, 0) is 55.0 Å². The lowest BCUT2D eigenvalue weighted by Gasteiger charge is -2.22. The van der Waals surface area contributed by atoms with E-state index in [9.17, 15) is 9.59 Å². The van der Waals surface area contributed by atoms with E-state index in [4.69, 9.17) is 28.6 Å². The van der Waals surface area contributed by atoms with Crippen molar-refractivity contribution >= 4 is 63.5 Å². The standard InChI is InChI=1S/C20H17ClN2O3S2/c1-12(18(24)22-15-7-5-14(21)6-8-15)23-19(25)17(28-20(23)27)11-13-3-9-16(26-2)10-4-13/h3-12H,1-2H3,(H,22,24)/b17-11-. The third kappa shape index (κ3) is 4.55. The second-order valence-electron chi connectivity index (χ2n) is 6.00. The van der Waals surface area contributed by atoms with Crippen LogP contribution in [0.2, 0.25) is 5.02 Å². The minimum absolute atomic E-state index is 0.287. The molecule has 8 heteroatoms. The second kappa shape index (κ2) is 8.77. The molecular weight excluding hydrogens is 416 g/mol. The summed E-state index contributed by atoms with van der Waals surface area (Å²) in [5, 5.41) is 3.35. The van der Waals surface area contributed by atoms with Gasteiger partial charge >= 0.3 is 0 Å².